The van der Waals surface area contributed by atoms with Crippen molar-refractivity contribution in [2.24, 2.45) is 5.73 Å². The highest BCUT2D eigenvalue weighted by atomic mass is 16.5. The molecule has 2 nitrogen and oxygen atoms in total. The van der Waals surface area contributed by atoms with Crippen molar-refractivity contribution in [2.75, 3.05) is 7.11 Å². The van der Waals surface area contributed by atoms with Crippen molar-refractivity contribution in [3.05, 3.63) is 41.5 Å². The zero-order valence-corrected chi connectivity index (χ0v) is 10.5. The SMILES string of the molecule is COc1ccc(CC=C2CCCC(N)C2)cc1. The second-order valence-electron chi connectivity index (χ2n) is 4.77. The normalized spacial score (nSPS) is 22.7. The molecule has 0 saturated heterocycles. The van der Waals surface area contributed by atoms with Crippen LogP contribution in [0.2, 0.25) is 0 Å². The van der Waals surface area contributed by atoms with Gasteiger partial charge in [-0.15, -0.1) is 0 Å². The molecule has 92 valence electrons. The average Bonchev–Trinajstić information content (AvgIpc) is 2.37. The number of ether oxygens (including phenoxy) is 1. The fourth-order valence-corrected chi connectivity index (χ4v) is 2.34. The highest BCUT2D eigenvalue weighted by Crippen LogP contribution is 2.23. The number of nitrogens with two attached hydrogens (primary N) is 1. The first-order valence-electron chi connectivity index (χ1n) is 6.34. The first-order valence-corrected chi connectivity index (χ1v) is 6.34. The predicted molar refractivity (Wildman–Crippen MR) is 71.2 cm³/mol. The molecule has 1 fully saturated rings. The van der Waals surface area contributed by atoms with E-state index in [1.807, 2.05) is 12.1 Å². The molecule has 0 spiro atoms. The first kappa shape index (κ1) is 12.2. The van der Waals surface area contributed by atoms with Gasteiger partial charge >= 0.3 is 0 Å². The Hall–Kier alpha value is -1.28. The molecule has 1 aliphatic rings. The second-order valence-corrected chi connectivity index (χ2v) is 4.77. The Kier molecular flexibility index (Phi) is 4.21. The summed E-state index contributed by atoms with van der Waals surface area (Å²) < 4.78 is 5.15. The van der Waals surface area contributed by atoms with Gasteiger partial charge in [-0.25, -0.2) is 0 Å². The zero-order valence-electron chi connectivity index (χ0n) is 10.5. The molecule has 1 aromatic carbocycles. The fraction of sp³-hybridized carbons (Fsp3) is 0.467. The van der Waals surface area contributed by atoms with Gasteiger partial charge in [-0.1, -0.05) is 23.8 Å². The molecular formula is C15H21NO. The summed E-state index contributed by atoms with van der Waals surface area (Å²) in [6.07, 6.45) is 8.09. The third-order valence-corrected chi connectivity index (χ3v) is 3.38. The van der Waals surface area contributed by atoms with Gasteiger partial charge in [-0.05, 0) is 49.8 Å². The van der Waals surface area contributed by atoms with E-state index < -0.39 is 0 Å². The van der Waals surface area contributed by atoms with E-state index in [0.29, 0.717) is 6.04 Å². The van der Waals surface area contributed by atoms with Crippen molar-refractivity contribution in [1.29, 1.82) is 0 Å². The summed E-state index contributed by atoms with van der Waals surface area (Å²) in [5.41, 5.74) is 8.83. The van der Waals surface area contributed by atoms with Crippen LogP contribution in [0.4, 0.5) is 0 Å². The van der Waals surface area contributed by atoms with E-state index in [-0.39, 0.29) is 0 Å². The Morgan fingerprint density at radius 1 is 1.35 bits per heavy atom. The fourth-order valence-electron chi connectivity index (χ4n) is 2.34. The van der Waals surface area contributed by atoms with Crippen molar-refractivity contribution in [3.8, 4) is 5.75 Å². The summed E-state index contributed by atoms with van der Waals surface area (Å²) in [6.45, 7) is 0. The topological polar surface area (TPSA) is 35.2 Å². The molecule has 1 aliphatic carbocycles. The maximum absolute atomic E-state index is 5.97. The molecule has 0 amide bonds. The summed E-state index contributed by atoms with van der Waals surface area (Å²) >= 11 is 0. The van der Waals surface area contributed by atoms with Crippen molar-refractivity contribution in [1.82, 2.24) is 0 Å². The molecule has 1 saturated carbocycles. The minimum atomic E-state index is 0.380. The van der Waals surface area contributed by atoms with E-state index in [9.17, 15) is 0 Å². The van der Waals surface area contributed by atoms with Crippen LogP contribution in [0.3, 0.4) is 0 Å². The van der Waals surface area contributed by atoms with Crippen LogP contribution in [0.15, 0.2) is 35.9 Å². The van der Waals surface area contributed by atoms with E-state index in [1.165, 1.54) is 30.4 Å². The Balaban J connectivity index is 1.93. The van der Waals surface area contributed by atoms with Crippen molar-refractivity contribution >= 4 is 0 Å². The minimum absolute atomic E-state index is 0.380. The maximum atomic E-state index is 5.97. The lowest BCUT2D eigenvalue weighted by atomic mass is 9.90. The molecule has 0 aliphatic heterocycles. The number of methoxy groups -OCH3 is 1. The molecule has 2 heteroatoms. The van der Waals surface area contributed by atoms with E-state index >= 15 is 0 Å². The van der Waals surface area contributed by atoms with Crippen LogP contribution < -0.4 is 10.5 Å². The Morgan fingerprint density at radius 3 is 2.76 bits per heavy atom. The van der Waals surface area contributed by atoms with Crippen molar-refractivity contribution in [3.63, 3.8) is 0 Å². The van der Waals surface area contributed by atoms with Crippen molar-refractivity contribution < 1.29 is 4.74 Å². The average molecular weight is 231 g/mol. The smallest absolute Gasteiger partial charge is 0.118 e. The lowest BCUT2D eigenvalue weighted by molar-refractivity contribution is 0.414. The molecule has 0 heterocycles. The van der Waals surface area contributed by atoms with Crippen LogP contribution in [-0.4, -0.2) is 13.2 Å². The molecule has 2 rings (SSSR count). The Morgan fingerprint density at radius 2 is 2.12 bits per heavy atom. The number of hydrogen-bond donors (Lipinski definition) is 1. The number of rotatable bonds is 3. The Bertz CT molecular complexity index is 380. The van der Waals surface area contributed by atoms with Gasteiger partial charge in [0, 0.05) is 6.04 Å². The van der Waals surface area contributed by atoms with Crippen LogP contribution in [-0.2, 0) is 6.42 Å². The molecule has 1 aromatic rings. The van der Waals surface area contributed by atoms with Gasteiger partial charge in [0.1, 0.15) is 5.75 Å². The van der Waals surface area contributed by atoms with E-state index in [1.54, 1.807) is 7.11 Å². The van der Waals surface area contributed by atoms with Crippen LogP contribution in [0, 0.1) is 0 Å². The predicted octanol–water partition coefficient (Wildman–Crippen LogP) is 3.07. The highest BCUT2D eigenvalue weighted by Gasteiger charge is 2.12. The van der Waals surface area contributed by atoms with Gasteiger partial charge in [0.2, 0.25) is 0 Å². The molecule has 0 aromatic heterocycles. The summed E-state index contributed by atoms with van der Waals surface area (Å²) in [4.78, 5) is 0. The van der Waals surface area contributed by atoms with Crippen LogP contribution in [0.1, 0.15) is 31.2 Å². The summed E-state index contributed by atoms with van der Waals surface area (Å²) in [7, 11) is 1.69. The van der Waals surface area contributed by atoms with Crippen LogP contribution in [0.25, 0.3) is 0 Å². The van der Waals surface area contributed by atoms with E-state index in [0.717, 1.165) is 18.6 Å². The standard InChI is InChI=1S/C15H21NO/c1-17-15-9-7-12(8-10-15)5-6-13-3-2-4-14(16)11-13/h6-10,14H,2-5,11,16H2,1H3. The van der Waals surface area contributed by atoms with Gasteiger partial charge in [-0.3, -0.25) is 0 Å². The molecule has 1 atom stereocenters. The third kappa shape index (κ3) is 3.60. The summed E-state index contributed by atoms with van der Waals surface area (Å²) in [6, 6.07) is 8.66. The number of hydrogen-bond acceptors (Lipinski definition) is 2. The van der Waals surface area contributed by atoms with Gasteiger partial charge in [-0.2, -0.15) is 0 Å². The third-order valence-electron chi connectivity index (χ3n) is 3.38. The molecule has 17 heavy (non-hydrogen) atoms. The van der Waals surface area contributed by atoms with Gasteiger partial charge in [0.05, 0.1) is 7.11 Å². The maximum Gasteiger partial charge on any atom is 0.118 e. The Labute approximate surface area is 103 Å². The summed E-state index contributed by atoms with van der Waals surface area (Å²) in [5, 5.41) is 0. The number of benzene rings is 1. The molecule has 2 N–H and O–H groups in total. The molecule has 1 unspecified atom stereocenters. The monoisotopic (exact) mass is 231 g/mol. The molecular weight excluding hydrogens is 210 g/mol. The lowest BCUT2D eigenvalue weighted by Crippen LogP contribution is -2.23. The minimum Gasteiger partial charge on any atom is -0.497 e. The van der Waals surface area contributed by atoms with Crippen molar-refractivity contribution in [2.45, 2.75) is 38.1 Å². The zero-order chi connectivity index (χ0) is 12.1. The molecule has 0 radical (unpaired) electrons. The van der Waals surface area contributed by atoms with Gasteiger partial charge in [0.15, 0.2) is 0 Å². The largest absolute Gasteiger partial charge is 0.497 e. The first-order chi connectivity index (χ1) is 8.28. The highest BCUT2D eigenvalue weighted by molar-refractivity contribution is 5.28. The van der Waals surface area contributed by atoms with Gasteiger partial charge in [0.25, 0.3) is 0 Å². The van der Waals surface area contributed by atoms with E-state index in [4.69, 9.17) is 10.5 Å². The van der Waals surface area contributed by atoms with E-state index in [2.05, 4.69) is 18.2 Å². The van der Waals surface area contributed by atoms with Crippen LogP contribution >= 0.6 is 0 Å². The number of allylic oxidation sites excluding steroid dienone is 1. The molecule has 0 bridgehead atoms. The second kappa shape index (κ2) is 5.87. The summed E-state index contributed by atoms with van der Waals surface area (Å²) in [5.74, 6) is 0.918. The lowest BCUT2D eigenvalue weighted by Gasteiger charge is -2.20. The quantitative estimate of drug-likeness (QED) is 0.811. The van der Waals surface area contributed by atoms with Crippen LogP contribution in [0.5, 0.6) is 5.75 Å². The van der Waals surface area contributed by atoms with Gasteiger partial charge < -0.3 is 10.5 Å².